The number of rotatable bonds is 6. The lowest BCUT2D eigenvalue weighted by atomic mass is 10.00. The molecule has 25 heavy (non-hydrogen) atoms. The van der Waals surface area contributed by atoms with Gasteiger partial charge in [0, 0.05) is 26.2 Å². The molecule has 0 unspecified atom stereocenters. The Kier molecular flexibility index (Phi) is 10.5. The molecule has 1 heterocycles. The average Bonchev–Trinajstić information content (AvgIpc) is 2.60. The van der Waals surface area contributed by atoms with Gasteiger partial charge in [0.2, 0.25) is 5.91 Å². The minimum absolute atomic E-state index is 0. The fourth-order valence-corrected chi connectivity index (χ4v) is 2.84. The van der Waals surface area contributed by atoms with Gasteiger partial charge in [0.1, 0.15) is 6.54 Å². The number of carbonyl (C=O) groups excluding carboxylic acids is 1. The van der Waals surface area contributed by atoms with Crippen molar-refractivity contribution in [2.24, 2.45) is 10.9 Å². The number of halogens is 1. The quantitative estimate of drug-likeness (QED) is 0.392. The summed E-state index contributed by atoms with van der Waals surface area (Å²) < 4.78 is 0. The van der Waals surface area contributed by atoms with E-state index in [1.165, 1.54) is 18.4 Å². The van der Waals surface area contributed by atoms with Crippen molar-refractivity contribution in [2.45, 2.75) is 33.1 Å². The zero-order valence-electron chi connectivity index (χ0n) is 15.3. The highest BCUT2D eigenvalue weighted by Crippen LogP contribution is 2.15. The summed E-state index contributed by atoms with van der Waals surface area (Å²) in [4.78, 5) is 18.8. The molecule has 0 atom stereocenters. The van der Waals surface area contributed by atoms with E-state index < -0.39 is 0 Å². The summed E-state index contributed by atoms with van der Waals surface area (Å²) in [6.07, 6.45) is 3.22. The van der Waals surface area contributed by atoms with Gasteiger partial charge < -0.3 is 15.5 Å². The van der Waals surface area contributed by atoms with Crippen molar-refractivity contribution in [3.8, 4) is 0 Å². The monoisotopic (exact) mass is 458 g/mol. The fourth-order valence-electron chi connectivity index (χ4n) is 2.84. The van der Waals surface area contributed by atoms with Gasteiger partial charge in [-0.05, 0) is 37.7 Å². The summed E-state index contributed by atoms with van der Waals surface area (Å²) in [6.45, 7) is 8.04. The van der Waals surface area contributed by atoms with E-state index in [0.717, 1.165) is 37.9 Å². The smallest absolute Gasteiger partial charge is 0.241 e. The Balaban J connectivity index is 0.00000312. The number of amides is 1. The highest BCUT2D eigenvalue weighted by Gasteiger charge is 2.18. The van der Waals surface area contributed by atoms with Gasteiger partial charge in [0.05, 0.1) is 0 Å². The second kappa shape index (κ2) is 12.1. The summed E-state index contributed by atoms with van der Waals surface area (Å²) >= 11 is 0. The molecule has 0 aliphatic carbocycles. The van der Waals surface area contributed by atoms with Crippen molar-refractivity contribution in [3.63, 3.8) is 0 Å². The molecule has 6 heteroatoms. The highest BCUT2D eigenvalue weighted by atomic mass is 127. The number of likely N-dealkylation sites (tertiary alicyclic amines) is 1. The SMILES string of the molecule is CCNC(=NCC(=O)NCCc1ccccc1)N1CCC(C)CC1.I. The first-order valence-electron chi connectivity index (χ1n) is 9.03. The Morgan fingerprint density at radius 3 is 2.52 bits per heavy atom. The van der Waals surface area contributed by atoms with Gasteiger partial charge >= 0.3 is 0 Å². The maximum atomic E-state index is 12.0. The van der Waals surface area contributed by atoms with Gasteiger partial charge in [-0.3, -0.25) is 4.79 Å². The lowest BCUT2D eigenvalue weighted by Gasteiger charge is -2.32. The predicted octanol–water partition coefficient (Wildman–Crippen LogP) is 2.66. The number of nitrogens with one attached hydrogen (secondary N) is 2. The lowest BCUT2D eigenvalue weighted by Crippen LogP contribution is -2.45. The van der Waals surface area contributed by atoms with E-state index in [4.69, 9.17) is 0 Å². The Bertz CT molecular complexity index is 527. The summed E-state index contributed by atoms with van der Waals surface area (Å²) in [5.74, 6) is 1.62. The first-order valence-corrected chi connectivity index (χ1v) is 9.03. The van der Waals surface area contributed by atoms with Gasteiger partial charge in [0.15, 0.2) is 5.96 Å². The molecule has 1 fully saturated rings. The molecule has 1 amide bonds. The van der Waals surface area contributed by atoms with Crippen LogP contribution in [0.1, 0.15) is 32.3 Å². The largest absolute Gasteiger partial charge is 0.357 e. The third-order valence-corrected chi connectivity index (χ3v) is 4.37. The van der Waals surface area contributed by atoms with E-state index in [-0.39, 0.29) is 36.4 Å². The Morgan fingerprint density at radius 2 is 1.88 bits per heavy atom. The van der Waals surface area contributed by atoms with Crippen molar-refractivity contribution in [2.75, 3.05) is 32.7 Å². The van der Waals surface area contributed by atoms with Crippen LogP contribution >= 0.6 is 24.0 Å². The molecular formula is C19H31IN4O. The molecule has 0 aromatic heterocycles. The number of nitrogens with zero attached hydrogens (tertiary/aromatic N) is 2. The van der Waals surface area contributed by atoms with Crippen LogP contribution in [0.25, 0.3) is 0 Å². The van der Waals surface area contributed by atoms with Gasteiger partial charge in [-0.15, -0.1) is 24.0 Å². The predicted molar refractivity (Wildman–Crippen MR) is 115 cm³/mol. The van der Waals surface area contributed by atoms with Crippen LogP contribution in [0, 0.1) is 5.92 Å². The molecule has 1 aliphatic heterocycles. The fraction of sp³-hybridized carbons (Fsp3) is 0.579. The van der Waals surface area contributed by atoms with E-state index >= 15 is 0 Å². The topological polar surface area (TPSA) is 56.7 Å². The number of hydrogen-bond donors (Lipinski definition) is 2. The summed E-state index contributed by atoms with van der Waals surface area (Å²) in [6, 6.07) is 10.2. The Hall–Kier alpha value is -1.31. The summed E-state index contributed by atoms with van der Waals surface area (Å²) in [5, 5.41) is 6.25. The van der Waals surface area contributed by atoms with Crippen LogP contribution in [-0.2, 0) is 11.2 Å². The van der Waals surface area contributed by atoms with E-state index in [2.05, 4.69) is 46.5 Å². The molecule has 0 radical (unpaired) electrons. The normalized spacial score (nSPS) is 15.4. The summed E-state index contributed by atoms with van der Waals surface area (Å²) in [5.41, 5.74) is 1.23. The number of guanidine groups is 1. The standard InChI is InChI=1S/C19H30N4O.HI/c1-3-20-19(23-13-10-16(2)11-14-23)22-15-18(24)21-12-9-17-7-5-4-6-8-17;/h4-8,16H,3,9-15H2,1-2H3,(H,20,22)(H,21,24);1H. The second-order valence-corrected chi connectivity index (χ2v) is 6.43. The van der Waals surface area contributed by atoms with Crippen LogP contribution in [0.15, 0.2) is 35.3 Å². The third-order valence-electron chi connectivity index (χ3n) is 4.37. The Labute approximate surface area is 168 Å². The molecule has 1 saturated heterocycles. The maximum absolute atomic E-state index is 12.0. The van der Waals surface area contributed by atoms with E-state index in [9.17, 15) is 4.79 Å². The molecule has 0 saturated carbocycles. The van der Waals surface area contributed by atoms with E-state index in [1.54, 1.807) is 0 Å². The molecule has 2 N–H and O–H groups in total. The van der Waals surface area contributed by atoms with Crippen LogP contribution in [-0.4, -0.2) is 49.5 Å². The van der Waals surface area contributed by atoms with E-state index in [1.807, 2.05) is 18.2 Å². The van der Waals surface area contributed by atoms with Crippen molar-refractivity contribution in [1.82, 2.24) is 15.5 Å². The zero-order valence-corrected chi connectivity index (χ0v) is 17.7. The minimum atomic E-state index is -0.0216. The third kappa shape index (κ3) is 8.07. The number of piperidine rings is 1. The molecule has 1 aromatic rings. The molecule has 1 aromatic carbocycles. The van der Waals surface area contributed by atoms with Crippen LogP contribution in [0.2, 0.25) is 0 Å². The van der Waals surface area contributed by atoms with Crippen LogP contribution in [0.4, 0.5) is 0 Å². The molecule has 140 valence electrons. The molecule has 2 rings (SSSR count). The molecule has 0 bridgehead atoms. The van der Waals surface area contributed by atoms with E-state index in [0.29, 0.717) is 6.54 Å². The van der Waals surface area contributed by atoms with Gasteiger partial charge in [0.25, 0.3) is 0 Å². The lowest BCUT2D eigenvalue weighted by molar-refractivity contribution is -0.119. The highest BCUT2D eigenvalue weighted by molar-refractivity contribution is 14.0. The van der Waals surface area contributed by atoms with Gasteiger partial charge in [-0.25, -0.2) is 4.99 Å². The van der Waals surface area contributed by atoms with Gasteiger partial charge in [-0.2, -0.15) is 0 Å². The summed E-state index contributed by atoms with van der Waals surface area (Å²) in [7, 11) is 0. The van der Waals surface area contributed by atoms with Gasteiger partial charge in [-0.1, -0.05) is 37.3 Å². The molecule has 5 nitrogen and oxygen atoms in total. The number of benzene rings is 1. The van der Waals surface area contributed by atoms with Crippen molar-refractivity contribution in [1.29, 1.82) is 0 Å². The van der Waals surface area contributed by atoms with Crippen LogP contribution < -0.4 is 10.6 Å². The Morgan fingerprint density at radius 1 is 1.20 bits per heavy atom. The van der Waals surface area contributed by atoms with Crippen LogP contribution in [0.5, 0.6) is 0 Å². The van der Waals surface area contributed by atoms with Crippen LogP contribution in [0.3, 0.4) is 0 Å². The minimum Gasteiger partial charge on any atom is -0.357 e. The first-order chi connectivity index (χ1) is 11.7. The number of aliphatic imine (C=N–C) groups is 1. The zero-order chi connectivity index (χ0) is 17.2. The number of hydrogen-bond acceptors (Lipinski definition) is 2. The van der Waals surface area contributed by atoms with Crippen molar-refractivity contribution >= 4 is 35.8 Å². The maximum Gasteiger partial charge on any atom is 0.241 e. The second-order valence-electron chi connectivity index (χ2n) is 6.43. The molecule has 0 spiro atoms. The average molecular weight is 458 g/mol. The van der Waals surface area contributed by atoms with Crippen molar-refractivity contribution in [3.05, 3.63) is 35.9 Å². The van der Waals surface area contributed by atoms with Crippen molar-refractivity contribution < 1.29 is 4.79 Å². The molecular weight excluding hydrogens is 427 g/mol. The first kappa shape index (κ1) is 21.7. The number of carbonyl (C=O) groups is 1. The molecule has 1 aliphatic rings.